The highest BCUT2D eigenvalue weighted by Crippen LogP contribution is 2.29. The highest BCUT2D eigenvalue weighted by Gasteiger charge is 2.26. The quantitative estimate of drug-likeness (QED) is 0.513. The van der Waals surface area contributed by atoms with E-state index in [-0.39, 0.29) is 18.1 Å². The lowest BCUT2D eigenvalue weighted by atomic mass is 10.2. The van der Waals surface area contributed by atoms with E-state index in [1.54, 1.807) is 11.2 Å². The van der Waals surface area contributed by atoms with E-state index in [0.29, 0.717) is 24.4 Å². The molecule has 5 heterocycles. The van der Waals surface area contributed by atoms with Crippen LogP contribution in [0.15, 0.2) is 12.5 Å². The van der Waals surface area contributed by atoms with Gasteiger partial charge in [0.25, 0.3) is 0 Å². The monoisotopic (exact) mass is 512 g/mol. The third-order valence-corrected chi connectivity index (χ3v) is 7.13. The molecule has 0 spiro atoms. The van der Waals surface area contributed by atoms with Gasteiger partial charge in [0.05, 0.1) is 17.9 Å². The predicted octanol–water partition coefficient (Wildman–Crippen LogP) is 2.41. The molecule has 0 bridgehead atoms. The van der Waals surface area contributed by atoms with Crippen molar-refractivity contribution in [3.05, 3.63) is 18.2 Å². The van der Waals surface area contributed by atoms with Crippen molar-refractivity contribution in [2.75, 3.05) is 32.7 Å². The molecule has 2 fully saturated rings. The summed E-state index contributed by atoms with van der Waals surface area (Å²) < 4.78 is 10.2. The van der Waals surface area contributed by atoms with Gasteiger partial charge in [-0.25, -0.2) is 9.97 Å². The van der Waals surface area contributed by atoms with Crippen LogP contribution in [0.2, 0.25) is 0 Å². The maximum Gasteiger partial charge on any atom is 0.245 e. The largest absolute Gasteiger partial charge is 0.471 e. The first-order valence-electron chi connectivity index (χ1n) is 13.4. The minimum absolute atomic E-state index is 0.150. The number of aliphatic hydroxyl groups excluding tert-OH is 1. The molecule has 2 aliphatic rings. The molecule has 5 rings (SSSR count). The summed E-state index contributed by atoms with van der Waals surface area (Å²) in [7, 11) is 1.97. The predicted molar refractivity (Wildman–Crippen MR) is 141 cm³/mol. The van der Waals surface area contributed by atoms with Crippen molar-refractivity contribution >= 4 is 17.1 Å². The van der Waals surface area contributed by atoms with Gasteiger partial charge in [-0.05, 0) is 39.7 Å². The number of hydrogen-bond acceptors (Lipinski definition) is 8. The van der Waals surface area contributed by atoms with Crippen molar-refractivity contribution in [2.45, 2.75) is 72.1 Å². The average molecular weight is 513 g/mol. The zero-order valence-electron chi connectivity index (χ0n) is 22.7. The molecule has 0 aliphatic carbocycles. The summed E-state index contributed by atoms with van der Waals surface area (Å²) in [6.45, 7) is 13.4. The van der Waals surface area contributed by atoms with E-state index in [0.717, 1.165) is 68.3 Å². The molecule has 3 aromatic rings. The number of carbonyl (C=O) groups excluding carboxylic acids is 1. The average Bonchev–Trinajstić information content (AvgIpc) is 3.68. The number of amides is 1. The second-order valence-corrected chi connectivity index (χ2v) is 9.77. The van der Waals surface area contributed by atoms with Crippen LogP contribution in [-0.2, 0) is 18.4 Å². The number of nitrogens with zero attached hydrogens (tertiary/aromatic N) is 8. The number of rotatable bonds is 7. The van der Waals surface area contributed by atoms with E-state index in [9.17, 15) is 4.79 Å². The van der Waals surface area contributed by atoms with Gasteiger partial charge in [-0.2, -0.15) is 10.1 Å². The zero-order valence-corrected chi connectivity index (χ0v) is 22.7. The van der Waals surface area contributed by atoms with Crippen molar-refractivity contribution in [1.29, 1.82) is 0 Å². The normalized spacial score (nSPS) is 19.9. The van der Waals surface area contributed by atoms with Crippen molar-refractivity contribution in [1.82, 2.24) is 39.1 Å². The van der Waals surface area contributed by atoms with Gasteiger partial charge in [-0.1, -0.05) is 13.8 Å². The topological polar surface area (TPSA) is 114 Å². The summed E-state index contributed by atoms with van der Waals surface area (Å²) in [5.41, 5.74) is 3.60. The fourth-order valence-electron chi connectivity index (χ4n) is 5.05. The Balaban J connectivity index is 0.000000270. The number of hydrogen-bond donors (Lipinski definition) is 1. The van der Waals surface area contributed by atoms with E-state index in [2.05, 4.69) is 40.7 Å². The number of β-amino-alcohol motifs (C(OH)–C–C–N with tert-alkyl or cyclic N) is 1. The van der Waals surface area contributed by atoms with Crippen LogP contribution in [0.5, 0.6) is 5.88 Å². The van der Waals surface area contributed by atoms with Crippen LogP contribution in [0.1, 0.15) is 52.1 Å². The van der Waals surface area contributed by atoms with Gasteiger partial charge in [0.15, 0.2) is 11.2 Å². The minimum atomic E-state index is -0.282. The van der Waals surface area contributed by atoms with E-state index in [4.69, 9.17) is 14.8 Å². The van der Waals surface area contributed by atoms with Crippen LogP contribution < -0.4 is 4.74 Å². The number of aryl methyl sites for hydroxylation is 2. The lowest BCUT2D eigenvalue weighted by molar-refractivity contribution is -0.130. The molecule has 0 radical (unpaired) electrons. The minimum Gasteiger partial charge on any atom is -0.471 e. The van der Waals surface area contributed by atoms with Crippen LogP contribution >= 0.6 is 0 Å². The Kier molecular flexibility index (Phi) is 8.75. The van der Waals surface area contributed by atoms with E-state index in [1.807, 2.05) is 29.4 Å². The summed E-state index contributed by atoms with van der Waals surface area (Å²) in [6, 6.07) is 0. The lowest BCUT2D eigenvalue weighted by Gasteiger charge is -2.15. The maximum atomic E-state index is 11.0. The number of imidazole rings is 1. The van der Waals surface area contributed by atoms with Crippen LogP contribution in [0, 0.1) is 6.92 Å². The Hall–Kier alpha value is -3.05. The van der Waals surface area contributed by atoms with E-state index in [1.165, 1.54) is 6.42 Å². The fraction of sp³-hybridized carbons (Fsp3) is 0.654. The van der Waals surface area contributed by atoms with Crippen LogP contribution in [0.3, 0.4) is 0 Å². The molecule has 202 valence electrons. The molecule has 1 N–H and O–H groups in total. The summed E-state index contributed by atoms with van der Waals surface area (Å²) in [4.78, 5) is 28.8. The Morgan fingerprint density at radius 1 is 1.16 bits per heavy atom. The number of carbonyl (C=O) groups is 1. The van der Waals surface area contributed by atoms with Gasteiger partial charge in [-0.3, -0.25) is 14.4 Å². The zero-order chi connectivity index (χ0) is 26.5. The Labute approximate surface area is 218 Å². The van der Waals surface area contributed by atoms with Gasteiger partial charge in [0.2, 0.25) is 11.8 Å². The molecule has 2 atom stereocenters. The Morgan fingerprint density at radius 2 is 1.97 bits per heavy atom. The van der Waals surface area contributed by atoms with Gasteiger partial charge in [0.1, 0.15) is 18.3 Å². The van der Waals surface area contributed by atoms with Gasteiger partial charge < -0.3 is 19.3 Å². The lowest BCUT2D eigenvalue weighted by Crippen LogP contribution is -2.28. The van der Waals surface area contributed by atoms with Crippen molar-refractivity contribution in [3.63, 3.8) is 0 Å². The molecule has 11 nitrogen and oxygen atoms in total. The Bertz CT molecular complexity index is 1210. The third kappa shape index (κ3) is 5.93. The fourth-order valence-corrected chi connectivity index (χ4v) is 5.05. The standard InChI is InChI=1S/C19H27N7O.C7H13NO2/c1-5-8-25-9-7-14(11-25)27-19-16-18(20-12-21-19)24(4)17(23-16)15-10-22-26(6-2)13(15)3;1-2-7(10)8-4-3-6(9)5-8/h10,12,14H,5-9,11H2,1-4H3;6,9H,2-5H2,1H3/t14-;6-/m00/s1. The molecule has 2 aliphatic heterocycles. The van der Waals surface area contributed by atoms with Gasteiger partial charge in [0, 0.05) is 51.9 Å². The highest BCUT2D eigenvalue weighted by atomic mass is 16.5. The van der Waals surface area contributed by atoms with Crippen LogP contribution in [0.4, 0.5) is 0 Å². The summed E-state index contributed by atoms with van der Waals surface area (Å²) in [6.07, 6.45) is 6.78. The van der Waals surface area contributed by atoms with Gasteiger partial charge >= 0.3 is 0 Å². The number of likely N-dealkylation sites (tertiary alicyclic amines) is 2. The smallest absolute Gasteiger partial charge is 0.245 e. The second kappa shape index (κ2) is 12.0. The Morgan fingerprint density at radius 3 is 2.62 bits per heavy atom. The van der Waals surface area contributed by atoms with Crippen LogP contribution in [0.25, 0.3) is 22.6 Å². The molecule has 37 heavy (non-hydrogen) atoms. The molecule has 1 amide bonds. The third-order valence-electron chi connectivity index (χ3n) is 7.13. The molecule has 3 aromatic heterocycles. The van der Waals surface area contributed by atoms with E-state index < -0.39 is 0 Å². The van der Waals surface area contributed by atoms with E-state index >= 15 is 0 Å². The first-order valence-corrected chi connectivity index (χ1v) is 13.4. The van der Waals surface area contributed by atoms with Crippen LogP contribution in [-0.4, -0.2) is 95.0 Å². The summed E-state index contributed by atoms with van der Waals surface area (Å²) in [5.74, 6) is 1.56. The first-order chi connectivity index (χ1) is 17.9. The van der Waals surface area contributed by atoms with Gasteiger partial charge in [-0.15, -0.1) is 0 Å². The molecular weight excluding hydrogens is 472 g/mol. The molecule has 0 unspecified atom stereocenters. The molecule has 0 saturated carbocycles. The number of aliphatic hydroxyl groups is 1. The van der Waals surface area contributed by atoms with Crippen molar-refractivity contribution < 1.29 is 14.6 Å². The number of ether oxygens (including phenoxy) is 1. The SMILES string of the molecule is CCC(=O)N1CC[C@H](O)C1.CCCN1CC[C@H](Oc2ncnc3c2nc(-c2cnn(CC)c2C)n3C)C1. The maximum absolute atomic E-state index is 11.0. The molecule has 2 saturated heterocycles. The van der Waals surface area contributed by atoms with Crippen molar-refractivity contribution in [3.8, 4) is 17.3 Å². The molecule has 0 aromatic carbocycles. The number of fused-ring (bicyclic) bond motifs is 1. The number of aromatic nitrogens is 6. The molecule has 11 heteroatoms. The van der Waals surface area contributed by atoms with Crippen molar-refractivity contribution in [2.24, 2.45) is 7.05 Å². The second-order valence-electron chi connectivity index (χ2n) is 9.77. The molecular formula is C26H40N8O3. The first kappa shape index (κ1) is 27.0. The summed E-state index contributed by atoms with van der Waals surface area (Å²) >= 11 is 0. The summed E-state index contributed by atoms with van der Waals surface area (Å²) in [5, 5.41) is 13.5. The highest BCUT2D eigenvalue weighted by molar-refractivity contribution is 5.81.